The maximum Gasteiger partial charge on any atom is 0.171 e. The highest BCUT2D eigenvalue weighted by Gasteiger charge is 2.08. The Morgan fingerprint density at radius 2 is 1.80 bits per heavy atom. The van der Waals surface area contributed by atoms with Crippen LogP contribution < -0.4 is 10.6 Å². The van der Waals surface area contributed by atoms with Crippen LogP contribution in [0.2, 0.25) is 0 Å². The highest BCUT2D eigenvalue weighted by molar-refractivity contribution is 7.80. The summed E-state index contributed by atoms with van der Waals surface area (Å²) in [6, 6.07) is 12.8. The minimum atomic E-state index is 0.227. The molecule has 0 aliphatic rings. The van der Waals surface area contributed by atoms with E-state index in [-0.39, 0.29) is 6.04 Å². The second-order valence-corrected chi connectivity index (χ2v) is 6.50. The van der Waals surface area contributed by atoms with Crippen molar-refractivity contribution in [3.8, 4) is 0 Å². The Labute approximate surface area is 130 Å². The molecular formula is C16H20N2S2. The molecule has 0 radical (unpaired) electrons. The molecule has 1 aromatic carbocycles. The third-order valence-electron chi connectivity index (χ3n) is 3.15. The van der Waals surface area contributed by atoms with Gasteiger partial charge in [-0.3, -0.25) is 0 Å². The van der Waals surface area contributed by atoms with Gasteiger partial charge in [0.25, 0.3) is 0 Å². The average Bonchev–Trinajstić information content (AvgIpc) is 2.93. The van der Waals surface area contributed by atoms with E-state index >= 15 is 0 Å². The normalized spacial score (nSPS) is 12.2. The molecule has 2 rings (SSSR count). The minimum Gasteiger partial charge on any atom is -0.355 e. The molecule has 0 saturated heterocycles. The number of hydrogen-bond acceptors (Lipinski definition) is 2. The van der Waals surface area contributed by atoms with Gasteiger partial charge >= 0.3 is 0 Å². The van der Waals surface area contributed by atoms with E-state index in [1.54, 1.807) is 11.3 Å². The SMILES string of the molecule is CC(C)c1ccc(NC(=S)N[C@H](C)c2cccs2)cc1. The fourth-order valence-electron chi connectivity index (χ4n) is 1.92. The lowest BCUT2D eigenvalue weighted by molar-refractivity contribution is 0.737. The Hall–Kier alpha value is -1.39. The molecule has 0 saturated carbocycles. The molecule has 0 bridgehead atoms. The van der Waals surface area contributed by atoms with Crippen molar-refractivity contribution >= 4 is 34.4 Å². The maximum atomic E-state index is 5.35. The second kappa shape index (κ2) is 6.86. The highest BCUT2D eigenvalue weighted by atomic mass is 32.1. The Bertz CT molecular complexity index is 544. The fraction of sp³-hybridized carbons (Fsp3) is 0.312. The summed E-state index contributed by atoms with van der Waals surface area (Å²) in [6.07, 6.45) is 0. The van der Waals surface area contributed by atoms with Crippen molar-refractivity contribution < 1.29 is 0 Å². The van der Waals surface area contributed by atoms with Crippen LogP contribution in [0.5, 0.6) is 0 Å². The van der Waals surface area contributed by atoms with E-state index < -0.39 is 0 Å². The monoisotopic (exact) mass is 304 g/mol. The number of nitrogens with one attached hydrogen (secondary N) is 2. The van der Waals surface area contributed by atoms with E-state index in [2.05, 4.69) is 73.2 Å². The minimum absolute atomic E-state index is 0.227. The number of thiophene rings is 1. The number of anilines is 1. The molecule has 4 heteroatoms. The second-order valence-electron chi connectivity index (χ2n) is 5.11. The van der Waals surface area contributed by atoms with Gasteiger partial charge in [-0.15, -0.1) is 11.3 Å². The van der Waals surface area contributed by atoms with E-state index in [1.807, 2.05) is 0 Å². The molecule has 2 nitrogen and oxygen atoms in total. The first-order valence-corrected chi connectivity index (χ1v) is 8.06. The molecule has 0 spiro atoms. The fourth-order valence-corrected chi connectivity index (χ4v) is 2.95. The van der Waals surface area contributed by atoms with Gasteiger partial charge in [-0.05, 0) is 54.2 Å². The van der Waals surface area contributed by atoms with Crippen molar-refractivity contribution in [2.24, 2.45) is 0 Å². The summed E-state index contributed by atoms with van der Waals surface area (Å²) in [5.41, 5.74) is 2.35. The quantitative estimate of drug-likeness (QED) is 0.784. The van der Waals surface area contributed by atoms with E-state index in [4.69, 9.17) is 12.2 Å². The standard InChI is InChI=1S/C16H20N2S2/c1-11(2)13-6-8-14(9-7-13)18-16(19)17-12(3)15-5-4-10-20-15/h4-12H,1-3H3,(H2,17,18,19)/t12-/m1/s1. The molecule has 0 unspecified atom stereocenters. The first-order valence-electron chi connectivity index (χ1n) is 6.77. The molecule has 106 valence electrons. The molecule has 0 aliphatic heterocycles. The molecule has 0 aliphatic carbocycles. The van der Waals surface area contributed by atoms with Crippen molar-refractivity contribution in [1.82, 2.24) is 5.32 Å². The van der Waals surface area contributed by atoms with Crippen molar-refractivity contribution in [3.63, 3.8) is 0 Å². The van der Waals surface area contributed by atoms with Crippen LogP contribution in [-0.4, -0.2) is 5.11 Å². The van der Waals surface area contributed by atoms with E-state index in [1.165, 1.54) is 10.4 Å². The van der Waals surface area contributed by atoms with Gasteiger partial charge < -0.3 is 10.6 Å². The van der Waals surface area contributed by atoms with E-state index in [0.29, 0.717) is 11.0 Å². The summed E-state index contributed by atoms with van der Waals surface area (Å²) in [5.74, 6) is 0.549. The van der Waals surface area contributed by atoms with Gasteiger partial charge in [0.1, 0.15) is 0 Å². The highest BCUT2D eigenvalue weighted by Crippen LogP contribution is 2.19. The topological polar surface area (TPSA) is 24.1 Å². The summed E-state index contributed by atoms with van der Waals surface area (Å²) in [4.78, 5) is 1.28. The zero-order chi connectivity index (χ0) is 14.5. The molecule has 0 amide bonds. The van der Waals surface area contributed by atoms with Gasteiger partial charge in [-0.25, -0.2) is 0 Å². The Morgan fingerprint density at radius 3 is 2.35 bits per heavy atom. The smallest absolute Gasteiger partial charge is 0.171 e. The van der Waals surface area contributed by atoms with Gasteiger partial charge in [-0.2, -0.15) is 0 Å². The lowest BCUT2D eigenvalue weighted by Gasteiger charge is -2.16. The third-order valence-corrected chi connectivity index (χ3v) is 4.43. The van der Waals surface area contributed by atoms with Crippen LogP contribution in [-0.2, 0) is 0 Å². The Balaban J connectivity index is 1.91. The van der Waals surface area contributed by atoms with Crippen molar-refractivity contribution in [2.75, 3.05) is 5.32 Å². The number of benzene rings is 1. The molecule has 2 aromatic rings. The maximum absolute atomic E-state index is 5.35. The Morgan fingerprint density at radius 1 is 1.10 bits per heavy atom. The van der Waals surface area contributed by atoms with Crippen LogP contribution >= 0.6 is 23.6 Å². The van der Waals surface area contributed by atoms with Crippen LogP contribution in [0.25, 0.3) is 0 Å². The molecule has 0 fully saturated rings. The van der Waals surface area contributed by atoms with Crippen LogP contribution in [0.4, 0.5) is 5.69 Å². The first-order chi connectivity index (χ1) is 9.56. The lowest BCUT2D eigenvalue weighted by Crippen LogP contribution is -2.30. The van der Waals surface area contributed by atoms with Crippen LogP contribution in [0.1, 0.15) is 43.2 Å². The Kier molecular flexibility index (Phi) is 5.15. The summed E-state index contributed by atoms with van der Waals surface area (Å²) in [6.45, 7) is 6.50. The average molecular weight is 304 g/mol. The van der Waals surface area contributed by atoms with Crippen LogP contribution in [0, 0.1) is 0 Å². The molecule has 20 heavy (non-hydrogen) atoms. The van der Waals surface area contributed by atoms with Crippen LogP contribution in [0.3, 0.4) is 0 Å². The van der Waals surface area contributed by atoms with Gasteiger partial charge in [0.05, 0.1) is 6.04 Å². The summed E-state index contributed by atoms with van der Waals surface area (Å²) >= 11 is 7.09. The van der Waals surface area contributed by atoms with Gasteiger partial charge in [0.15, 0.2) is 5.11 Å². The zero-order valence-electron chi connectivity index (χ0n) is 12.0. The lowest BCUT2D eigenvalue weighted by atomic mass is 10.0. The zero-order valence-corrected chi connectivity index (χ0v) is 13.6. The number of hydrogen-bond donors (Lipinski definition) is 2. The van der Waals surface area contributed by atoms with Gasteiger partial charge in [0.2, 0.25) is 0 Å². The molecule has 1 heterocycles. The molecule has 1 aromatic heterocycles. The van der Waals surface area contributed by atoms with Crippen molar-refractivity contribution in [1.29, 1.82) is 0 Å². The van der Waals surface area contributed by atoms with E-state index in [0.717, 1.165) is 5.69 Å². The summed E-state index contributed by atoms with van der Waals surface area (Å²) in [5, 5.41) is 9.26. The number of thiocarbonyl (C=S) groups is 1. The largest absolute Gasteiger partial charge is 0.355 e. The van der Waals surface area contributed by atoms with Crippen molar-refractivity contribution in [2.45, 2.75) is 32.7 Å². The predicted molar refractivity (Wildman–Crippen MR) is 92.6 cm³/mol. The van der Waals surface area contributed by atoms with Crippen molar-refractivity contribution in [3.05, 3.63) is 52.2 Å². The summed E-state index contributed by atoms with van der Waals surface area (Å²) in [7, 11) is 0. The van der Waals surface area contributed by atoms with Gasteiger partial charge in [0, 0.05) is 10.6 Å². The predicted octanol–water partition coefficient (Wildman–Crippen LogP) is 4.92. The van der Waals surface area contributed by atoms with Gasteiger partial charge in [-0.1, -0.05) is 32.0 Å². The first kappa shape index (κ1) is 15.0. The third kappa shape index (κ3) is 4.05. The molecular weight excluding hydrogens is 284 g/mol. The molecule has 2 N–H and O–H groups in total. The number of rotatable bonds is 4. The summed E-state index contributed by atoms with van der Waals surface area (Å²) < 4.78 is 0. The van der Waals surface area contributed by atoms with Crippen LogP contribution in [0.15, 0.2) is 41.8 Å². The van der Waals surface area contributed by atoms with E-state index in [9.17, 15) is 0 Å². The molecule has 1 atom stereocenters.